The lowest BCUT2D eigenvalue weighted by atomic mass is 10.1. The number of aromatic nitrogens is 2. The normalized spacial score (nSPS) is 17.7. The number of hydrogen-bond acceptors (Lipinski definition) is 5. The number of alkyl halides is 3. The summed E-state index contributed by atoms with van der Waals surface area (Å²) in [6.45, 7) is 1.17. The Morgan fingerprint density at radius 2 is 1.81 bits per heavy atom. The predicted octanol–water partition coefficient (Wildman–Crippen LogP) is 3.43. The average Bonchev–Trinajstić information content (AvgIpc) is 2.77. The van der Waals surface area contributed by atoms with E-state index in [9.17, 15) is 13.2 Å². The lowest BCUT2D eigenvalue weighted by molar-refractivity contribution is -0.138. The maximum absolute atomic E-state index is 12.7. The molecule has 2 N–H and O–H groups in total. The Hall–Kier alpha value is -0.890. The lowest BCUT2D eigenvalue weighted by Gasteiger charge is -2.30. The van der Waals surface area contributed by atoms with Crippen molar-refractivity contribution in [3.63, 3.8) is 0 Å². The molecule has 1 aromatic rings. The molecule has 0 bridgehead atoms. The molecule has 1 aromatic heterocycles. The molecule has 1 heterocycles. The van der Waals surface area contributed by atoms with E-state index in [2.05, 4.69) is 10.2 Å². The smallest absolute Gasteiger partial charge is 0.344 e. The van der Waals surface area contributed by atoms with Crippen molar-refractivity contribution in [1.29, 1.82) is 0 Å². The molecule has 21 heavy (non-hydrogen) atoms. The van der Waals surface area contributed by atoms with Gasteiger partial charge in [-0.2, -0.15) is 13.2 Å². The first-order valence-electron chi connectivity index (χ1n) is 7.40. The van der Waals surface area contributed by atoms with Gasteiger partial charge in [0, 0.05) is 12.6 Å². The van der Waals surface area contributed by atoms with Crippen LogP contribution in [-0.2, 0) is 6.18 Å². The number of nitrogens with zero attached hydrogens (tertiary/aromatic N) is 3. The minimum absolute atomic E-state index is 0.257. The first-order chi connectivity index (χ1) is 10.0. The van der Waals surface area contributed by atoms with Crippen molar-refractivity contribution in [2.24, 2.45) is 5.73 Å². The molecule has 1 fully saturated rings. The van der Waals surface area contributed by atoms with Crippen LogP contribution in [0.4, 0.5) is 18.3 Å². The van der Waals surface area contributed by atoms with E-state index in [4.69, 9.17) is 5.73 Å². The van der Waals surface area contributed by atoms with Crippen molar-refractivity contribution >= 4 is 16.5 Å². The number of halogens is 3. The zero-order valence-corrected chi connectivity index (χ0v) is 12.7. The molecule has 0 aromatic carbocycles. The number of nitrogens with two attached hydrogens (primary N) is 1. The summed E-state index contributed by atoms with van der Waals surface area (Å²) in [5.74, 6) is 0. The number of anilines is 1. The van der Waals surface area contributed by atoms with E-state index in [1.807, 2.05) is 4.90 Å². The topological polar surface area (TPSA) is 55.0 Å². The molecule has 0 spiro atoms. The maximum atomic E-state index is 12.7. The predicted molar refractivity (Wildman–Crippen MR) is 77.4 cm³/mol. The number of hydrogen-bond donors (Lipinski definition) is 1. The Balaban J connectivity index is 2.16. The van der Waals surface area contributed by atoms with Crippen molar-refractivity contribution in [3.8, 4) is 0 Å². The van der Waals surface area contributed by atoms with E-state index in [0.29, 0.717) is 29.6 Å². The molecule has 1 aliphatic carbocycles. The highest BCUT2D eigenvalue weighted by molar-refractivity contribution is 7.15. The molecule has 8 heteroatoms. The Morgan fingerprint density at radius 3 is 2.33 bits per heavy atom. The highest BCUT2D eigenvalue weighted by Gasteiger charge is 2.36. The summed E-state index contributed by atoms with van der Waals surface area (Å²) in [5.41, 5.74) is 5.55. The molecule has 1 aliphatic rings. The average molecular weight is 322 g/mol. The van der Waals surface area contributed by atoms with Gasteiger partial charge in [0.15, 0.2) is 0 Å². The lowest BCUT2D eigenvalue weighted by Crippen LogP contribution is -2.36. The minimum Gasteiger partial charge on any atom is -0.344 e. The van der Waals surface area contributed by atoms with Crippen LogP contribution in [0, 0.1) is 0 Å². The zero-order valence-electron chi connectivity index (χ0n) is 11.9. The molecule has 120 valence electrons. The van der Waals surface area contributed by atoms with Gasteiger partial charge in [-0.25, -0.2) is 0 Å². The van der Waals surface area contributed by atoms with Crippen LogP contribution in [0.2, 0.25) is 0 Å². The Morgan fingerprint density at radius 1 is 1.14 bits per heavy atom. The molecule has 2 rings (SSSR count). The summed E-state index contributed by atoms with van der Waals surface area (Å²) >= 11 is 0.637. The largest absolute Gasteiger partial charge is 0.445 e. The van der Waals surface area contributed by atoms with Gasteiger partial charge < -0.3 is 10.6 Å². The third-order valence-electron chi connectivity index (χ3n) is 3.77. The fourth-order valence-corrected chi connectivity index (χ4v) is 3.52. The molecule has 0 radical (unpaired) electrons. The minimum atomic E-state index is -4.42. The second kappa shape index (κ2) is 7.40. The van der Waals surface area contributed by atoms with Gasteiger partial charge in [-0.1, -0.05) is 37.0 Å². The molecule has 0 saturated heterocycles. The van der Waals surface area contributed by atoms with Crippen LogP contribution >= 0.6 is 11.3 Å². The third-order valence-corrected chi connectivity index (χ3v) is 4.78. The van der Waals surface area contributed by atoms with Gasteiger partial charge in [0.05, 0.1) is 0 Å². The van der Waals surface area contributed by atoms with Crippen molar-refractivity contribution in [3.05, 3.63) is 5.01 Å². The molecule has 0 aliphatic heterocycles. The molecule has 0 atom stereocenters. The summed E-state index contributed by atoms with van der Waals surface area (Å²) in [6.07, 6.45) is 2.98. The van der Waals surface area contributed by atoms with Crippen molar-refractivity contribution in [2.45, 2.75) is 57.2 Å². The molecule has 4 nitrogen and oxygen atoms in total. The monoisotopic (exact) mass is 322 g/mol. The molecule has 1 saturated carbocycles. The summed E-state index contributed by atoms with van der Waals surface area (Å²) in [6, 6.07) is 0.257. The van der Waals surface area contributed by atoms with Gasteiger partial charge in [0.25, 0.3) is 0 Å². The van der Waals surface area contributed by atoms with Gasteiger partial charge in [-0.15, -0.1) is 10.2 Å². The summed E-state index contributed by atoms with van der Waals surface area (Å²) < 4.78 is 38.1. The van der Waals surface area contributed by atoms with Crippen LogP contribution in [-0.4, -0.2) is 29.3 Å². The summed E-state index contributed by atoms with van der Waals surface area (Å²) in [4.78, 5) is 1.99. The second-order valence-electron chi connectivity index (χ2n) is 5.37. The van der Waals surface area contributed by atoms with Crippen LogP contribution < -0.4 is 10.6 Å². The molecular formula is C13H21F3N4S. The summed E-state index contributed by atoms with van der Waals surface area (Å²) in [7, 11) is 0. The van der Waals surface area contributed by atoms with E-state index >= 15 is 0 Å². The van der Waals surface area contributed by atoms with Crippen LogP contribution in [0.1, 0.15) is 50.0 Å². The molecule has 0 unspecified atom stereocenters. The van der Waals surface area contributed by atoms with Crippen molar-refractivity contribution < 1.29 is 13.2 Å². The Bertz CT molecular complexity index is 427. The van der Waals surface area contributed by atoms with Gasteiger partial charge in [-0.3, -0.25) is 0 Å². The summed E-state index contributed by atoms with van der Waals surface area (Å²) in [5, 5.41) is 6.59. The van der Waals surface area contributed by atoms with Crippen molar-refractivity contribution in [1.82, 2.24) is 10.2 Å². The van der Waals surface area contributed by atoms with E-state index in [1.54, 1.807) is 0 Å². The molecular weight excluding hydrogens is 301 g/mol. The van der Waals surface area contributed by atoms with Crippen LogP contribution in [0.5, 0.6) is 0 Å². The van der Waals surface area contributed by atoms with E-state index in [1.165, 1.54) is 12.8 Å². The van der Waals surface area contributed by atoms with Crippen LogP contribution in [0.25, 0.3) is 0 Å². The van der Waals surface area contributed by atoms with Crippen molar-refractivity contribution in [2.75, 3.05) is 18.0 Å². The van der Waals surface area contributed by atoms with Gasteiger partial charge in [0.2, 0.25) is 10.1 Å². The fraction of sp³-hybridized carbons (Fsp3) is 0.846. The number of rotatable bonds is 5. The molecule has 0 amide bonds. The van der Waals surface area contributed by atoms with Gasteiger partial charge in [-0.05, 0) is 25.8 Å². The SMILES string of the molecule is NCCCN(c1nnc(C(F)(F)F)s1)C1CCCCCC1. The van der Waals surface area contributed by atoms with E-state index in [0.717, 1.165) is 32.1 Å². The maximum Gasteiger partial charge on any atom is 0.445 e. The highest BCUT2D eigenvalue weighted by Crippen LogP contribution is 2.36. The van der Waals surface area contributed by atoms with E-state index in [-0.39, 0.29) is 6.04 Å². The van der Waals surface area contributed by atoms with Gasteiger partial charge in [0.1, 0.15) is 0 Å². The Labute approximate surface area is 126 Å². The fourth-order valence-electron chi connectivity index (χ4n) is 2.71. The first-order valence-corrected chi connectivity index (χ1v) is 8.21. The van der Waals surface area contributed by atoms with Gasteiger partial charge >= 0.3 is 6.18 Å². The first kappa shape index (κ1) is 16.5. The standard InChI is InChI=1S/C13H21F3N4S/c14-13(15,16)11-18-19-12(21-11)20(9-5-8-17)10-6-3-1-2-4-7-10/h10H,1-9,17H2. The van der Waals surface area contributed by atoms with Crippen LogP contribution in [0.15, 0.2) is 0 Å². The zero-order chi connectivity index (χ0) is 15.3. The highest BCUT2D eigenvalue weighted by atomic mass is 32.1. The Kier molecular flexibility index (Phi) is 5.80. The van der Waals surface area contributed by atoms with Crippen LogP contribution in [0.3, 0.4) is 0 Å². The quantitative estimate of drug-likeness (QED) is 0.844. The third kappa shape index (κ3) is 4.54. The van der Waals surface area contributed by atoms with E-state index < -0.39 is 11.2 Å². The second-order valence-corrected chi connectivity index (χ2v) is 6.32.